The lowest BCUT2D eigenvalue weighted by Gasteiger charge is -2.11. The highest BCUT2D eigenvalue weighted by molar-refractivity contribution is 14.0. The summed E-state index contributed by atoms with van der Waals surface area (Å²) in [5.74, 6) is 0.493. The van der Waals surface area contributed by atoms with Gasteiger partial charge in [-0.2, -0.15) is 8.78 Å². The SMILES string of the molecule is CCOCCCNC(N)=NCc1ccc(OC)c(OC(F)F)c1.I. The van der Waals surface area contributed by atoms with Gasteiger partial charge in [-0.05, 0) is 31.0 Å². The number of nitrogens with two attached hydrogens (primary N) is 1. The zero-order valence-corrected chi connectivity index (χ0v) is 16.1. The van der Waals surface area contributed by atoms with Crippen LogP contribution in [0.4, 0.5) is 8.78 Å². The first-order valence-electron chi connectivity index (χ1n) is 7.30. The Bertz CT molecular complexity index is 505. The topological polar surface area (TPSA) is 78.1 Å². The molecule has 0 fully saturated rings. The Morgan fingerprint density at radius 3 is 2.71 bits per heavy atom. The average molecular weight is 459 g/mol. The Kier molecular flexibility index (Phi) is 12.3. The molecule has 0 atom stereocenters. The van der Waals surface area contributed by atoms with Crippen LogP contribution in [0.3, 0.4) is 0 Å². The lowest BCUT2D eigenvalue weighted by Crippen LogP contribution is -2.32. The summed E-state index contributed by atoms with van der Waals surface area (Å²) in [5, 5.41) is 2.95. The maximum Gasteiger partial charge on any atom is 0.387 e. The monoisotopic (exact) mass is 459 g/mol. The molecule has 0 heterocycles. The minimum Gasteiger partial charge on any atom is -0.493 e. The van der Waals surface area contributed by atoms with E-state index >= 15 is 0 Å². The Labute approximate surface area is 157 Å². The molecule has 0 radical (unpaired) electrons. The van der Waals surface area contributed by atoms with Crippen LogP contribution in [-0.4, -0.2) is 39.4 Å². The second-order valence-corrected chi connectivity index (χ2v) is 4.54. The molecule has 3 N–H and O–H groups in total. The highest BCUT2D eigenvalue weighted by Gasteiger charge is 2.11. The normalized spacial score (nSPS) is 11.1. The molecule has 0 amide bonds. The number of nitrogens with zero attached hydrogens (tertiary/aromatic N) is 1. The third-order valence-electron chi connectivity index (χ3n) is 2.85. The first kappa shape index (κ1) is 22.6. The van der Waals surface area contributed by atoms with E-state index in [1.54, 1.807) is 12.1 Å². The minimum atomic E-state index is -2.92. The van der Waals surface area contributed by atoms with E-state index in [0.29, 0.717) is 25.3 Å². The van der Waals surface area contributed by atoms with Crippen LogP contribution < -0.4 is 20.5 Å². The number of nitrogens with one attached hydrogen (secondary N) is 1. The molecule has 24 heavy (non-hydrogen) atoms. The Morgan fingerprint density at radius 1 is 1.33 bits per heavy atom. The second-order valence-electron chi connectivity index (χ2n) is 4.54. The van der Waals surface area contributed by atoms with Gasteiger partial charge in [-0.1, -0.05) is 6.07 Å². The molecular formula is C15H24F2IN3O3. The van der Waals surface area contributed by atoms with E-state index in [1.165, 1.54) is 13.2 Å². The van der Waals surface area contributed by atoms with Crippen molar-refractivity contribution in [2.45, 2.75) is 26.5 Å². The Morgan fingerprint density at radius 2 is 2.08 bits per heavy atom. The summed E-state index contributed by atoms with van der Waals surface area (Å²) in [5.41, 5.74) is 6.41. The van der Waals surface area contributed by atoms with Crippen LogP contribution in [-0.2, 0) is 11.3 Å². The van der Waals surface area contributed by atoms with Crippen LogP contribution >= 0.6 is 24.0 Å². The number of hydrogen-bond acceptors (Lipinski definition) is 4. The number of rotatable bonds is 10. The van der Waals surface area contributed by atoms with Crippen molar-refractivity contribution in [1.82, 2.24) is 5.32 Å². The molecule has 0 unspecified atom stereocenters. The lowest BCUT2D eigenvalue weighted by atomic mass is 10.2. The number of halogens is 3. The summed E-state index contributed by atoms with van der Waals surface area (Å²) in [7, 11) is 1.38. The third kappa shape index (κ3) is 9.06. The second kappa shape index (κ2) is 13.0. The van der Waals surface area contributed by atoms with Crippen molar-refractivity contribution in [3.8, 4) is 11.5 Å². The fourth-order valence-electron chi connectivity index (χ4n) is 1.77. The van der Waals surface area contributed by atoms with Gasteiger partial charge in [-0.25, -0.2) is 4.99 Å². The molecule has 138 valence electrons. The summed E-state index contributed by atoms with van der Waals surface area (Å²) in [6, 6.07) is 4.72. The first-order valence-corrected chi connectivity index (χ1v) is 7.30. The highest BCUT2D eigenvalue weighted by Crippen LogP contribution is 2.29. The fraction of sp³-hybridized carbons (Fsp3) is 0.533. The standard InChI is InChI=1S/C15H23F2N3O3.HI/c1-3-22-8-4-7-19-15(18)20-10-11-5-6-12(21-2)13(9-11)23-14(16)17;/h5-6,9,14H,3-4,7-8,10H2,1-2H3,(H3,18,19,20);1H. The van der Waals surface area contributed by atoms with Gasteiger partial charge in [0, 0.05) is 19.8 Å². The van der Waals surface area contributed by atoms with Gasteiger partial charge in [0.1, 0.15) is 0 Å². The molecular weight excluding hydrogens is 435 g/mol. The van der Waals surface area contributed by atoms with Crippen LogP contribution in [0.15, 0.2) is 23.2 Å². The van der Waals surface area contributed by atoms with Gasteiger partial charge in [0.25, 0.3) is 0 Å². The molecule has 1 aromatic carbocycles. The fourth-order valence-corrected chi connectivity index (χ4v) is 1.77. The number of methoxy groups -OCH3 is 1. The summed E-state index contributed by atoms with van der Waals surface area (Å²) in [6.07, 6.45) is 0.818. The van der Waals surface area contributed by atoms with Gasteiger partial charge in [0.05, 0.1) is 13.7 Å². The molecule has 1 aromatic rings. The molecule has 9 heteroatoms. The van der Waals surface area contributed by atoms with Crippen molar-refractivity contribution >= 4 is 29.9 Å². The summed E-state index contributed by atoms with van der Waals surface area (Å²) in [4.78, 5) is 4.15. The van der Waals surface area contributed by atoms with Crippen LogP contribution in [0.5, 0.6) is 11.5 Å². The summed E-state index contributed by atoms with van der Waals surface area (Å²) < 4.78 is 39.3. The Hall–Kier alpha value is -1.36. The van der Waals surface area contributed by atoms with Crippen LogP contribution in [0, 0.1) is 0 Å². The van der Waals surface area contributed by atoms with E-state index in [0.717, 1.165) is 6.42 Å². The summed E-state index contributed by atoms with van der Waals surface area (Å²) in [6.45, 7) is 1.25. The number of hydrogen-bond donors (Lipinski definition) is 2. The van der Waals surface area contributed by atoms with Crippen molar-refractivity contribution in [2.24, 2.45) is 10.7 Å². The molecule has 0 aliphatic carbocycles. The third-order valence-corrected chi connectivity index (χ3v) is 2.85. The maximum absolute atomic E-state index is 12.4. The largest absolute Gasteiger partial charge is 0.493 e. The van der Waals surface area contributed by atoms with Gasteiger partial charge in [0.15, 0.2) is 17.5 Å². The number of aliphatic imine (C=N–C) groups is 1. The van der Waals surface area contributed by atoms with E-state index in [9.17, 15) is 8.78 Å². The number of alkyl halides is 2. The van der Waals surface area contributed by atoms with Crippen molar-refractivity contribution in [1.29, 1.82) is 0 Å². The molecule has 6 nitrogen and oxygen atoms in total. The van der Waals surface area contributed by atoms with Crippen LogP contribution in [0.2, 0.25) is 0 Å². The maximum atomic E-state index is 12.4. The zero-order chi connectivity index (χ0) is 17.1. The number of guanidine groups is 1. The highest BCUT2D eigenvalue weighted by atomic mass is 127. The molecule has 0 aliphatic rings. The van der Waals surface area contributed by atoms with Gasteiger partial charge in [0.2, 0.25) is 0 Å². The van der Waals surface area contributed by atoms with Gasteiger partial charge >= 0.3 is 6.61 Å². The van der Waals surface area contributed by atoms with Crippen molar-refractivity contribution in [3.63, 3.8) is 0 Å². The lowest BCUT2D eigenvalue weighted by molar-refractivity contribution is -0.0512. The molecule has 0 saturated heterocycles. The van der Waals surface area contributed by atoms with Gasteiger partial charge < -0.3 is 25.3 Å². The Balaban J connectivity index is 0.00000529. The van der Waals surface area contributed by atoms with E-state index in [2.05, 4.69) is 15.0 Å². The average Bonchev–Trinajstić information content (AvgIpc) is 2.52. The molecule has 0 aliphatic heterocycles. The quantitative estimate of drug-likeness (QED) is 0.244. The molecule has 0 bridgehead atoms. The molecule has 0 saturated carbocycles. The van der Waals surface area contributed by atoms with E-state index in [4.69, 9.17) is 15.2 Å². The number of ether oxygens (including phenoxy) is 3. The number of benzene rings is 1. The first-order chi connectivity index (χ1) is 11.1. The van der Waals surface area contributed by atoms with Crippen molar-refractivity contribution in [3.05, 3.63) is 23.8 Å². The molecule has 1 rings (SSSR count). The molecule has 0 spiro atoms. The van der Waals surface area contributed by atoms with Crippen molar-refractivity contribution < 1.29 is 23.0 Å². The predicted molar refractivity (Wildman–Crippen MR) is 99.5 cm³/mol. The predicted octanol–water partition coefficient (Wildman–Crippen LogP) is 2.75. The van der Waals surface area contributed by atoms with Crippen molar-refractivity contribution in [2.75, 3.05) is 26.9 Å². The smallest absolute Gasteiger partial charge is 0.387 e. The molecule has 0 aromatic heterocycles. The van der Waals surface area contributed by atoms with Gasteiger partial charge in [-0.15, -0.1) is 24.0 Å². The van der Waals surface area contributed by atoms with Gasteiger partial charge in [-0.3, -0.25) is 0 Å². The summed E-state index contributed by atoms with van der Waals surface area (Å²) >= 11 is 0. The minimum absolute atomic E-state index is 0. The zero-order valence-electron chi connectivity index (χ0n) is 13.8. The van der Waals surface area contributed by atoms with E-state index < -0.39 is 6.61 Å². The van der Waals surface area contributed by atoms with E-state index in [-0.39, 0.29) is 48.0 Å². The van der Waals surface area contributed by atoms with Crippen LogP contribution in [0.1, 0.15) is 18.9 Å². The van der Waals surface area contributed by atoms with Crippen LogP contribution in [0.25, 0.3) is 0 Å². The van der Waals surface area contributed by atoms with E-state index in [1.807, 2.05) is 6.92 Å².